The molecule has 0 radical (unpaired) electrons. The second-order valence-corrected chi connectivity index (χ2v) is 4.98. The van der Waals surface area contributed by atoms with E-state index in [0.29, 0.717) is 23.6 Å². The van der Waals surface area contributed by atoms with Crippen LogP contribution in [0.15, 0.2) is 42.5 Å². The van der Waals surface area contributed by atoms with Crippen molar-refractivity contribution in [3.8, 4) is 17.6 Å². The van der Waals surface area contributed by atoms with Gasteiger partial charge in [0.25, 0.3) is 0 Å². The lowest BCUT2D eigenvalue weighted by atomic mass is 10.1. The zero-order chi connectivity index (χ0) is 15.1. The van der Waals surface area contributed by atoms with Crippen LogP contribution in [0.1, 0.15) is 23.1 Å². The number of ether oxygens (including phenoxy) is 1. The van der Waals surface area contributed by atoms with E-state index in [-0.39, 0.29) is 12.4 Å². The van der Waals surface area contributed by atoms with Gasteiger partial charge in [-0.05, 0) is 36.8 Å². The standard InChI is InChI=1S/C18H16ClFO/c1-14-12-17(10-9-15(14)6-4-5-11-19)21-13-16-7-2-3-8-18(16)20/h2-3,7-10,12H,5,11,13H2,1H3. The Bertz CT molecular complexity index is 670. The highest BCUT2D eigenvalue weighted by molar-refractivity contribution is 6.18. The molecule has 108 valence electrons. The summed E-state index contributed by atoms with van der Waals surface area (Å²) in [6, 6.07) is 12.3. The minimum Gasteiger partial charge on any atom is -0.489 e. The molecule has 0 aliphatic heterocycles. The Morgan fingerprint density at radius 2 is 2.00 bits per heavy atom. The fourth-order valence-corrected chi connectivity index (χ4v) is 1.94. The minimum absolute atomic E-state index is 0.212. The predicted octanol–water partition coefficient (Wildman–Crippen LogP) is 4.69. The molecule has 0 unspecified atom stereocenters. The van der Waals surface area contributed by atoms with Crippen LogP contribution in [-0.4, -0.2) is 5.88 Å². The van der Waals surface area contributed by atoms with Gasteiger partial charge in [-0.2, -0.15) is 0 Å². The molecule has 21 heavy (non-hydrogen) atoms. The van der Waals surface area contributed by atoms with Crippen molar-refractivity contribution < 1.29 is 9.13 Å². The molecule has 0 bridgehead atoms. The second-order valence-electron chi connectivity index (χ2n) is 4.60. The maximum atomic E-state index is 13.5. The molecule has 0 aromatic heterocycles. The van der Waals surface area contributed by atoms with Crippen molar-refractivity contribution in [2.24, 2.45) is 0 Å². The van der Waals surface area contributed by atoms with E-state index in [9.17, 15) is 4.39 Å². The van der Waals surface area contributed by atoms with Gasteiger partial charge in [-0.15, -0.1) is 11.6 Å². The van der Waals surface area contributed by atoms with Crippen LogP contribution in [0.2, 0.25) is 0 Å². The first-order valence-corrected chi connectivity index (χ1v) is 7.26. The van der Waals surface area contributed by atoms with Gasteiger partial charge < -0.3 is 4.74 Å². The van der Waals surface area contributed by atoms with E-state index in [2.05, 4.69) is 11.8 Å². The average molecular weight is 303 g/mol. The van der Waals surface area contributed by atoms with Crippen molar-refractivity contribution in [1.82, 2.24) is 0 Å². The minimum atomic E-state index is -0.252. The molecule has 0 saturated heterocycles. The summed E-state index contributed by atoms with van der Waals surface area (Å²) in [5, 5.41) is 0. The summed E-state index contributed by atoms with van der Waals surface area (Å²) in [6.45, 7) is 2.18. The summed E-state index contributed by atoms with van der Waals surface area (Å²) in [5.74, 6) is 7.07. The fourth-order valence-electron chi connectivity index (χ4n) is 1.85. The van der Waals surface area contributed by atoms with Crippen molar-refractivity contribution in [2.45, 2.75) is 20.0 Å². The molecule has 0 fully saturated rings. The first-order chi connectivity index (χ1) is 10.2. The number of hydrogen-bond donors (Lipinski definition) is 0. The summed E-state index contributed by atoms with van der Waals surface area (Å²) in [4.78, 5) is 0. The summed E-state index contributed by atoms with van der Waals surface area (Å²) >= 11 is 5.59. The van der Waals surface area contributed by atoms with Crippen LogP contribution in [0.4, 0.5) is 4.39 Å². The van der Waals surface area contributed by atoms with Gasteiger partial charge in [0.05, 0.1) is 0 Å². The van der Waals surface area contributed by atoms with E-state index in [0.717, 1.165) is 11.1 Å². The molecule has 2 rings (SSSR count). The number of hydrogen-bond acceptors (Lipinski definition) is 1. The van der Waals surface area contributed by atoms with Gasteiger partial charge in [-0.25, -0.2) is 4.39 Å². The number of aryl methyl sites for hydroxylation is 1. The van der Waals surface area contributed by atoms with E-state index in [4.69, 9.17) is 16.3 Å². The van der Waals surface area contributed by atoms with Gasteiger partial charge in [0.2, 0.25) is 0 Å². The SMILES string of the molecule is Cc1cc(OCc2ccccc2F)ccc1C#CCCCl. The largest absolute Gasteiger partial charge is 0.489 e. The third kappa shape index (κ3) is 4.51. The fraction of sp³-hybridized carbons (Fsp3) is 0.222. The Hall–Kier alpha value is -1.98. The highest BCUT2D eigenvalue weighted by atomic mass is 35.5. The van der Waals surface area contributed by atoms with Gasteiger partial charge >= 0.3 is 0 Å². The van der Waals surface area contributed by atoms with Crippen LogP contribution in [0.3, 0.4) is 0 Å². The highest BCUT2D eigenvalue weighted by Crippen LogP contribution is 2.18. The second kappa shape index (κ2) is 7.71. The average Bonchev–Trinajstić information content (AvgIpc) is 2.49. The predicted molar refractivity (Wildman–Crippen MR) is 84.1 cm³/mol. The Labute approximate surface area is 129 Å². The molecule has 0 N–H and O–H groups in total. The Kier molecular flexibility index (Phi) is 5.66. The van der Waals surface area contributed by atoms with Crippen LogP contribution in [0, 0.1) is 24.6 Å². The maximum absolute atomic E-state index is 13.5. The Morgan fingerprint density at radius 1 is 1.19 bits per heavy atom. The lowest BCUT2D eigenvalue weighted by Gasteiger charge is -2.08. The van der Waals surface area contributed by atoms with Gasteiger partial charge in [0, 0.05) is 23.4 Å². The monoisotopic (exact) mass is 302 g/mol. The van der Waals surface area contributed by atoms with E-state index < -0.39 is 0 Å². The molecule has 1 nitrogen and oxygen atoms in total. The van der Waals surface area contributed by atoms with E-state index in [1.165, 1.54) is 6.07 Å². The smallest absolute Gasteiger partial charge is 0.129 e. The lowest BCUT2D eigenvalue weighted by molar-refractivity contribution is 0.299. The summed E-state index contributed by atoms with van der Waals surface area (Å²) in [7, 11) is 0. The molecular formula is C18H16ClFO. The van der Waals surface area contributed by atoms with Crippen molar-refractivity contribution >= 4 is 11.6 Å². The Balaban J connectivity index is 2.04. The van der Waals surface area contributed by atoms with Crippen molar-refractivity contribution in [3.63, 3.8) is 0 Å². The first kappa shape index (κ1) is 15.4. The van der Waals surface area contributed by atoms with Crippen LogP contribution < -0.4 is 4.74 Å². The Morgan fingerprint density at radius 3 is 2.71 bits per heavy atom. The third-order valence-corrected chi connectivity index (χ3v) is 3.18. The van der Waals surface area contributed by atoms with Crippen molar-refractivity contribution in [2.75, 3.05) is 5.88 Å². The van der Waals surface area contributed by atoms with E-state index in [1.807, 2.05) is 25.1 Å². The van der Waals surface area contributed by atoms with Crippen LogP contribution >= 0.6 is 11.6 Å². The van der Waals surface area contributed by atoms with Gasteiger partial charge in [-0.1, -0.05) is 30.0 Å². The van der Waals surface area contributed by atoms with E-state index >= 15 is 0 Å². The molecule has 0 saturated carbocycles. The molecule has 2 aromatic carbocycles. The third-order valence-electron chi connectivity index (χ3n) is 2.99. The lowest BCUT2D eigenvalue weighted by Crippen LogP contribution is -1.98. The van der Waals surface area contributed by atoms with Crippen molar-refractivity contribution in [1.29, 1.82) is 0 Å². The number of benzene rings is 2. The van der Waals surface area contributed by atoms with Crippen molar-refractivity contribution in [3.05, 3.63) is 65.0 Å². The number of alkyl halides is 1. The molecule has 0 atom stereocenters. The number of halogens is 2. The maximum Gasteiger partial charge on any atom is 0.129 e. The molecule has 0 spiro atoms. The first-order valence-electron chi connectivity index (χ1n) is 6.72. The normalized spacial score (nSPS) is 9.86. The number of rotatable bonds is 4. The summed E-state index contributed by atoms with van der Waals surface area (Å²) in [5.41, 5.74) is 2.53. The zero-order valence-electron chi connectivity index (χ0n) is 11.8. The van der Waals surface area contributed by atoms with E-state index in [1.54, 1.807) is 18.2 Å². The summed E-state index contributed by atoms with van der Waals surface area (Å²) < 4.78 is 19.1. The molecule has 0 amide bonds. The molecule has 2 aromatic rings. The van der Waals surface area contributed by atoms with Gasteiger partial charge in [-0.3, -0.25) is 0 Å². The molecular weight excluding hydrogens is 287 g/mol. The van der Waals surface area contributed by atoms with Gasteiger partial charge in [0.15, 0.2) is 0 Å². The zero-order valence-corrected chi connectivity index (χ0v) is 12.6. The quantitative estimate of drug-likeness (QED) is 0.588. The van der Waals surface area contributed by atoms with Crippen LogP contribution in [0.25, 0.3) is 0 Å². The molecule has 0 aliphatic rings. The van der Waals surface area contributed by atoms with Crippen LogP contribution in [0.5, 0.6) is 5.75 Å². The molecule has 3 heteroatoms. The molecule has 0 aliphatic carbocycles. The highest BCUT2D eigenvalue weighted by Gasteiger charge is 2.03. The summed E-state index contributed by atoms with van der Waals surface area (Å²) in [6.07, 6.45) is 0.673. The molecule has 0 heterocycles. The topological polar surface area (TPSA) is 9.23 Å². The van der Waals surface area contributed by atoms with Crippen LogP contribution in [-0.2, 0) is 6.61 Å². The van der Waals surface area contributed by atoms with Gasteiger partial charge in [0.1, 0.15) is 18.2 Å².